The van der Waals surface area contributed by atoms with Gasteiger partial charge in [-0.1, -0.05) is 84.9 Å². The van der Waals surface area contributed by atoms with Crippen molar-refractivity contribution < 1.29 is 19.1 Å². The third kappa shape index (κ3) is 3.12. The molecule has 3 aliphatic rings. The van der Waals surface area contributed by atoms with E-state index in [1.54, 1.807) is 24.3 Å². The monoisotopic (exact) mass is 461 g/mol. The predicted molar refractivity (Wildman–Crippen MR) is 132 cm³/mol. The lowest BCUT2D eigenvalue weighted by Crippen LogP contribution is -2.34. The van der Waals surface area contributed by atoms with E-state index in [4.69, 9.17) is 4.74 Å². The fourth-order valence-electron chi connectivity index (χ4n) is 5.99. The highest BCUT2D eigenvalue weighted by Crippen LogP contribution is 2.59. The molecule has 0 radical (unpaired) electrons. The zero-order valence-corrected chi connectivity index (χ0v) is 19.1. The maximum absolute atomic E-state index is 13.8. The Morgan fingerprint density at radius 1 is 0.714 bits per heavy atom. The Morgan fingerprint density at radius 2 is 1.20 bits per heavy atom. The molecule has 3 aromatic rings. The third-order valence-electron chi connectivity index (χ3n) is 7.38. The topological polar surface area (TPSA) is 63.7 Å². The molecule has 1 saturated heterocycles. The molecule has 5 heteroatoms. The van der Waals surface area contributed by atoms with Crippen molar-refractivity contribution in [1.29, 1.82) is 0 Å². The SMILES string of the molecule is COC(=O)c1ccccc1N1C(=O)C2C3C=CC(C3=C(c3ccccc3)c3ccccc3)C2C1=O. The molecule has 35 heavy (non-hydrogen) atoms. The number of rotatable bonds is 4. The zero-order chi connectivity index (χ0) is 24.1. The third-order valence-corrected chi connectivity index (χ3v) is 7.38. The van der Waals surface area contributed by atoms with E-state index in [2.05, 4.69) is 36.4 Å². The first-order valence-electron chi connectivity index (χ1n) is 11.7. The highest BCUT2D eigenvalue weighted by Gasteiger charge is 2.62. The van der Waals surface area contributed by atoms with Gasteiger partial charge in [0.15, 0.2) is 0 Å². The zero-order valence-electron chi connectivity index (χ0n) is 19.1. The molecule has 0 aromatic heterocycles. The van der Waals surface area contributed by atoms with Crippen LogP contribution in [0.25, 0.3) is 5.57 Å². The van der Waals surface area contributed by atoms with E-state index in [0.717, 1.165) is 22.3 Å². The molecular formula is C30H23NO4. The first-order chi connectivity index (χ1) is 17.1. The lowest BCUT2D eigenvalue weighted by atomic mass is 9.85. The number of ether oxygens (including phenoxy) is 1. The van der Waals surface area contributed by atoms with Crippen LogP contribution in [0.1, 0.15) is 21.5 Å². The number of methoxy groups -OCH3 is 1. The van der Waals surface area contributed by atoms with Crippen molar-refractivity contribution in [2.24, 2.45) is 23.7 Å². The van der Waals surface area contributed by atoms with Gasteiger partial charge in [0.25, 0.3) is 0 Å². The molecule has 2 amide bonds. The minimum atomic E-state index is -0.574. The van der Waals surface area contributed by atoms with Crippen LogP contribution in [0.5, 0.6) is 0 Å². The number of allylic oxidation sites excluding steroid dienone is 3. The number of anilines is 1. The Hall–Kier alpha value is -4.25. The summed E-state index contributed by atoms with van der Waals surface area (Å²) in [5, 5.41) is 0. The molecule has 6 rings (SSSR count). The molecule has 2 fully saturated rings. The van der Waals surface area contributed by atoms with Crippen molar-refractivity contribution >= 4 is 29.0 Å². The average Bonchev–Trinajstić information content (AvgIpc) is 3.54. The van der Waals surface area contributed by atoms with Crippen LogP contribution in [0.15, 0.2) is 103 Å². The Balaban J connectivity index is 1.48. The van der Waals surface area contributed by atoms with Crippen LogP contribution in [0, 0.1) is 23.7 Å². The first-order valence-corrected chi connectivity index (χ1v) is 11.7. The standard InChI is InChI=1S/C30H23NO4/c1-35-30(34)20-14-8-9-15-23(20)31-28(32)26-21-16-17-22(27(26)29(31)33)25(21)24(18-10-4-2-5-11-18)19-12-6-3-7-13-19/h2-17,21-22,26-27H,1H3. The minimum Gasteiger partial charge on any atom is -0.465 e. The van der Waals surface area contributed by atoms with Gasteiger partial charge in [0.05, 0.1) is 30.2 Å². The molecule has 1 heterocycles. The summed E-state index contributed by atoms with van der Waals surface area (Å²) in [7, 11) is 1.29. The van der Waals surface area contributed by atoms with Crippen molar-refractivity contribution in [2.45, 2.75) is 0 Å². The van der Waals surface area contributed by atoms with Crippen LogP contribution in [-0.2, 0) is 14.3 Å². The quantitative estimate of drug-likeness (QED) is 0.315. The van der Waals surface area contributed by atoms with Crippen LogP contribution in [0.2, 0.25) is 0 Å². The van der Waals surface area contributed by atoms with Gasteiger partial charge in [0.1, 0.15) is 0 Å². The van der Waals surface area contributed by atoms with Gasteiger partial charge in [-0.3, -0.25) is 9.59 Å². The molecule has 2 aliphatic carbocycles. The summed E-state index contributed by atoms with van der Waals surface area (Å²) in [4.78, 5) is 41.1. The van der Waals surface area contributed by atoms with Gasteiger partial charge in [-0.2, -0.15) is 0 Å². The molecular weight excluding hydrogens is 438 g/mol. The Kier molecular flexibility index (Phi) is 4.99. The summed E-state index contributed by atoms with van der Waals surface area (Å²) in [5.41, 5.74) is 4.85. The number of hydrogen-bond donors (Lipinski definition) is 0. The molecule has 4 unspecified atom stereocenters. The fourth-order valence-corrected chi connectivity index (χ4v) is 5.99. The fraction of sp³-hybridized carbons (Fsp3) is 0.167. The summed E-state index contributed by atoms with van der Waals surface area (Å²) < 4.78 is 4.89. The second-order valence-electron chi connectivity index (χ2n) is 9.07. The van der Waals surface area contributed by atoms with Crippen LogP contribution in [0.3, 0.4) is 0 Å². The summed E-state index contributed by atoms with van der Waals surface area (Å²) in [6, 6.07) is 26.9. The van der Waals surface area contributed by atoms with Crippen molar-refractivity contribution in [1.82, 2.24) is 0 Å². The van der Waals surface area contributed by atoms with Crippen molar-refractivity contribution in [3.8, 4) is 0 Å². The van der Waals surface area contributed by atoms with Crippen LogP contribution < -0.4 is 4.90 Å². The number of carbonyl (C=O) groups excluding carboxylic acids is 3. The van der Waals surface area contributed by atoms with E-state index in [9.17, 15) is 14.4 Å². The Bertz CT molecular complexity index is 1330. The van der Waals surface area contributed by atoms with E-state index >= 15 is 0 Å². The highest BCUT2D eigenvalue weighted by molar-refractivity contribution is 6.25. The van der Waals surface area contributed by atoms with Gasteiger partial charge >= 0.3 is 5.97 Å². The van der Waals surface area contributed by atoms with E-state index in [1.165, 1.54) is 12.0 Å². The molecule has 2 bridgehead atoms. The van der Waals surface area contributed by atoms with Crippen molar-refractivity contribution in [3.63, 3.8) is 0 Å². The number of amides is 2. The van der Waals surface area contributed by atoms with Crippen LogP contribution in [0.4, 0.5) is 5.69 Å². The summed E-state index contributed by atoms with van der Waals surface area (Å²) in [6.07, 6.45) is 4.15. The van der Waals surface area contributed by atoms with E-state index in [-0.39, 0.29) is 29.2 Å². The number of hydrogen-bond acceptors (Lipinski definition) is 4. The molecule has 0 N–H and O–H groups in total. The molecule has 172 valence electrons. The van der Waals surface area contributed by atoms with Crippen LogP contribution >= 0.6 is 0 Å². The average molecular weight is 462 g/mol. The number of nitrogens with zero attached hydrogens (tertiary/aromatic N) is 1. The Morgan fingerprint density at radius 3 is 1.71 bits per heavy atom. The normalized spacial score (nSPS) is 24.1. The molecule has 4 atom stereocenters. The van der Waals surface area contributed by atoms with Gasteiger partial charge in [-0.25, -0.2) is 9.69 Å². The van der Waals surface area contributed by atoms with Crippen LogP contribution in [-0.4, -0.2) is 24.9 Å². The largest absolute Gasteiger partial charge is 0.465 e. The number of imide groups is 1. The number of carbonyl (C=O) groups is 3. The lowest BCUT2D eigenvalue weighted by molar-refractivity contribution is -0.122. The maximum atomic E-state index is 13.8. The predicted octanol–water partition coefficient (Wildman–Crippen LogP) is 4.90. The smallest absolute Gasteiger partial charge is 0.339 e. The molecule has 1 saturated carbocycles. The van der Waals surface area contributed by atoms with E-state index in [0.29, 0.717) is 5.69 Å². The van der Waals surface area contributed by atoms with Gasteiger partial charge < -0.3 is 4.74 Å². The number of fused-ring (bicyclic) bond motifs is 5. The molecule has 3 aromatic carbocycles. The second kappa shape index (κ2) is 8.20. The first kappa shape index (κ1) is 21.3. The van der Waals surface area contributed by atoms with E-state index < -0.39 is 17.8 Å². The summed E-state index contributed by atoms with van der Waals surface area (Å²) in [5.74, 6) is -2.41. The number of esters is 1. The summed E-state index contributed by atoms with van der Waals surface area (Å²) >= 11 is 0. The van der Waals surface area contributed by atoms with Crippen molar-refractivity contribution in [2.75, 3.05) is 12.0 Å². The second-order valence-corrected chi connectivity index (χ2v) is 9.07. The number of para-hydroxylation sites is 1. The maximum Gasteiger partial charge on any atom is 0.339 e. The molecule has 0 spiro atoms. The number of benzene rings is 3. The minimum absolute atomic E-state index is 0.174. The lowest BCUT2D eigenvalue weighted by Gasteiger charge is -2.22. The van der Waals surface area contributed by atoms with Gasteiger partial charge in [0, 0.05) is 11.8 Å². The van der Waals surface area contributed by atoms with Gasteiger partial charge in [0.2, 0.25) is 11.8 Å². The molecule has 5 nitrogen and oxygen atoms in total. The Labute approximate surface area is 203 Å². The van der Waals surface area contributed by atoms with Gasteiger partial charge in [-0.05, 0) is 34.4 Å². The van der Waals surface area contributed by atoms with Crippen molar-refractivity contribution in [3.05, 3.63) is 119 Å². The summed E-state index contributed by atoms with van der Waals surface area (Å²) in [6.45, 7) is 0. The van der Waals surface area contributed by atoms with E-state index in [1.807, 2.05) is 36.4 Å². The van der Waals surface area contributed by atoms with Gasteiger partial charge in [-0.15, -0.1) is 0 Å². The molecule has 1 aliphatic heterocycles. The highest BCUT2D eigenvalue weighted by atomic mass is 16.5.